The van der Waals surface area contributed by atoms with Crippen molar-refractivity contribution in [3.05, 3.63) is 47.0 Å². The van der Waals surface area contributed by atoms with Crippen LogP contribution >= 0.6 is 15.9 Å². The average molecular weight is 467 g/mol. The molecular formula is C19H27BrN6O3. The van der Waals surface area contributed by atoms with Gasteiger partial charge in [0.1, 0.15) is 6.61 Å². The van der Waals surface area contributed by atoms with Crippen molar-refractivity contribution in [3.63, 3.8) is 0 Å². The first-order valence-corrected chi connectivity index (χ1v) is 10.1. The molecule has 0 radical (unpaired) electrons. The lowest BCUT2D eigenvalue weighted by Gasteiger charge is -2.11. The van der Waals surface area contributed by atoms with Crippen molar-refractivity contribution in [2.45, 2.75) is 6.54 Å². The van der Waals surface area contributed by atoms with E-state index >= 15 is 0 Å². The van der Waals surface area contributed by atoms with Crippen molar-refractivity contribution in [1.29, 1.82) is 0 Å². The van der Waals surface area contributed by atoms with Crippen LogP contribution < -0.4 is 21.1 Å². The molecule has 0 aliphatic carbocycles. The maximum atomic E-state index is 5.48. The molecule has 0 unspecified atom stereocenters. The molecule has 1 aromatic heterocycles. The molecule has 9 nitrogen and oxygen atoms in total. The van der Waals surface area contributed by atoms with Crippen LogP contribution in [0.25, 0.3) is 0 Å². The fourth-order valence-corrected chi connectivity index (χ4v) is 2.40. The molecule has 4 N–H and O–H groups in total. The maximum Gasteiger partial charge on any atom is 0.323 e. The Labute approximate surface area is 179 Å². The SMILES string of the molecule is C=CCOc1nc(NCCOCCOCCN)nc(NCc2ccc(Br)cc2)n1. The second kappa shape index (κ2) is 13.8. The fourth-order valence-electron chi connectivity index (χ4n) is 2.14. The first-order chi connectivity index (χ1) is 14.2. The molecular weight excluding hydrogens is 440 g/mol. The highest BCUT2D eigenvalue weighted by Crippen LogP contribution is 2.14. The van der Waals surface area contributed by atoms with Crippen LogP contribution in [0.1, 0.15) is 5.56 Å². The van der Waals surface area contributed by atoms with Crippen molar-refractivity contribution in [2.24, 2.45) is 5.73 Å². The Kier molecular flexibility index (Phi) is 11.0. The van der Waals surface area contributed by atoms with Gasteiger partial charge in [-0.15, -0.1) is 0 Å². The molecule has 1 heterocycles. The summed E-state index contributed by atoms with van der Waals surface area (Å²) >= 11 is 3.43. The second-order valence-electron chi connectivity index (χ2n) is 5.79. The zero-order valence-corrected chi connectivity index (χ0v) is 17.9. The van der Waals surface area contributed by atoms with Crippen LogP contribution in [0.15, 0.2) is 41.4 Å². The van der Waals surface area contributed by atoms with Gasteiger partial charge in [0.2, 0.25) is 11.9 Å². The van der Waals surface area contributed by atoms with Gasteiger partial charge in [-0.1, -0.05) is 40.7 Å². The average Bonchev–Trinajstić information content (AvgIpc) is 2.74. The minimum absolute atomic E-state index is 0.219. The summed E-state index contributed by atoms with van der Waals surface area (Å²) in [7, 11) is 0. The molecule has 29 heavy (non-hydrogen) atoms. The zero-order chi connectivity index (χ0) is 20.7. The van der Waals surface area contributed by atoms with Crippen molar-refractivity contribution < 1.29 is 14.2 Å². The van der Waals surface area contributed by atoms with E-state index in [0.29, 0.717) is 64.6 Å². The number of ether oxygens (including phenoxy) is 3. The number of nitrogens with zero attached hydrogens (tertiary/aromatic N) is 3. The predicted octanol–water partition coefficient (Wildman–Crippen LogP) is 2.21. The van der Waals surface area contributed by atoms with E-state index in [0.717, 1.165) is 10.0 Å². The van der Waals surface area contributed by atoms with Gasteiger partial charge in [-0.3, -0.25) is 0 Å². The summed E-state index contributed by atoms with van der Waals surface area (Å²) in [6.07, 6.45) is 1.63. The lowest BCUT2D eigenvalue weighted by atomic mass is 10.2. The molecule has 1 aromatic carbocycles. The minimum Gasteiger partial charge on any atom is -0.459 e. The Morgan fingerprint density at radius 2 is 1.66 bits per heavy atom. The molecule has 0 bridgehead atoms. The second-order valence-corrected chi connectivity index (χ2v) is 6.70. The highest BCUT2D eigenvalue weighted by molar-refractivity contribution is 9.10. The van der Waals surface area contributed by atoms with E-state index in [1.807, 2.05) is 24.3 Å². The van der Waals surface area contributed by atoms with E-state index < -0.39 is 0 Å². The third-order valence-corrected chi connectivity index (χ3v) is 4.00. The highest BCUT2D eigenvalue weighted by Gasteiger charge is 2.07. The lowest BCUT2D eigenvalue weighted by Crippen LogP contribution is -2.16. The minimum atomic E-state index is 0.219. The van der Waals surface area contributed by atoms with Gasteiger partial charge in [-0.2, -0.15) is 15.0 Å². The zero-order valence-electron chi connectivity index (χ0n) is 16.3. The van der Waals surface area contributed by atoms with Crippen LogP contribution in [0, 0.1) is 0 Å². The molecule has 0 aliphatic rings. The molecule has 0 saturated carbocycles. The highest BCUT2D eigenvalue weighted by atomic mass is 79.9. The van der Waals surface area contributed by atoms with Gasteiger partial charge in [-0.05, 0) is 17.7 Å². The number of nitrogens with two attached hydrogens (primary N) is 1. The monoisotopic (exact) mass is 466 g/mol. The van der Waals surface area contributed by atoms with Gasteiger partial charge >= 0.3 is 6.01 Å². The normalized spacial score (nSPS) is 10.6. The molecule has 0 fully saturated rings. The smallest absolute Gasteiger partial charge is 0.323 e. The molecule has 0 saturated heterocycles. The summed E-state index contributed by atoms with van der Waals surface area (Å²) in [6.45, 7) is 7.61. The Balaban J connectivity index is 1.86. The van der Waals surface area contributed by atoms with Crippen LogP contribution in [0.4, 0.5) is 11.9 Å². The molecule has 0 spiro atoms. The first-order valence-electron chi connectivity index (χ1n) is 9.28. The van der Waals surface area contributed by atoms with Crippen LogP contribution in [0.5, 0.6) is 6.01 Å². The number of anilines is 2. The van der Waals surface area contributed by atoms with Crippen LogP contribution in [0.2, 0.25) is 0 Å². The van der Waals surface area contributed by atoms with E-state index in [1.165, 1.54) is 0 Å². The summed E-state index contributed by atoms with van der Waals surface area (Å²) in [5, 5.41) is 6.30. The largest absolute Gasteiger partial charge is 0.459 e. The number of hydrogen-bond donors (Lipinski definition) is 3. The van der Waals surface area contributed by atoms with Crippen LogP contribution in [-0.2, 0) is 16.0 Å². The molecule has 10 heteroatoms. The number of nitrogens with one attached hydrogen (secondary N) is 2. The van der Waals surface area contributed by atoms with Crippen molar-refractivity contribution in [2.75, 3.05) is 56.8 Å². The van der Waals surface area contributed by atoms with Gasteiger partial charge in [0.15, 0.2) is 0 Å². The lowest BCUT2D eigenvalue weighted by molar-refractivity contribution is 0.0547. The molecule has 158 valence electrons. The molecule has 2 aromatic rings. The summed E-state index contributed by atoms with van der Waals surface area (Å²) in [5.41, 5.74) is 6.45. The Hall–Kier alpha value is -2.27. The van der Waals surface area contributed by atoms with Crippen LogP contribution in [0.3, 0.4) is 0 Å². The fraction of sp³-hybridized carbons (Fsp3) is 0.421. The van der Waals surface area contributed by atoms with E-state index in [-0.39, 0.29) is 6.01 Å². The Bertz CT molecular complexity index is 732. The molecule has 0 amide bonds. The first kappa shape index (κ1) is 23.0. The molecule has 0 aliphatic heterocycles. The van der Waals surface area contributed by atoms with Crippen molar-refractivity contribution in [1.82, 2.24) is 15.0 Å². The topological polar surface area (TPSA) is 116 Å². The van der Waals surface area contributed by atoms with Crippen molar-refractivity contribution in [3.8, 4) is 6.01 Å². The molecule has 0 atom stereocenters. The van der Waals surface area contributed by atoms with Crippen molar-refractivity contribution >= 4 is 27.8 Å². The Morgan fingerprint density at radius 1 is 0.966 bits per heavy atom. The summed E-state index contributed by atoms with van der Waals surface area (Å²) < 4.78 is 17.2. The third-order valence-electron chi connectivity index (χ3n) is 3.47. The van der Waals surface area contributed by atoms with E-state index in [2.05, 4.69) is 48.1 Å². The summed E-state index contributed by atoms with van der Waals surface area (Å²) in [4.78, 5) is 12.9. The standard InChI is InChI=1S/C19H27BrN6O3/c1-2-9-29-19-25-17(22-8-11-28-13-12-27-10-7-21)24-18(26-19)23-14-15-3-5-16(20)6-4-15/h2-6H,1,7-14,21H2,(H2,22,23,24,25,26). The summed E-state index contributed by atoms with van der Waals surface area (Å²) in [5.74, 6) is 0.820. The van der Waals surface area contributed by atoms with E-state index in [9.17, 15) is 0 Å². The third kappa shape index (κ3) is 9.66. The predicted molar refractivity (Wildman–Crippen MR) is 116 cm³/mol. The molecule has 2 rings (SSSR count). The number of hydrogen-bond acceptors (Lipinski definition) is 9. The Morgan fingerprint density at radius 3 is 2.34 bits per heavy atom. The summed E-state index contributed by atoms with van der Waals surface area (Å²) in [6, 6.07) is 8.22. The van der Waals surface area contributed by atoms with Crippen LogP contribution in [-0.4, -0.2) is 61.1 Å². The van der Waals surface area contributed by atoms with Gasteiger partial charge < -0.3 is 30.6 Å². The van der Waals surface area contributed by atoms with Gasteiger partial charge in [0.25, 0.3) is 0 Å². The van der Waals surface area contributed by atoms with Gasteiger partial charge in [0, 0.05) is 24.1 Å². The number of halogens is 1. The number of rotatable bonds is 15. The van der Waals surface area contributed by atoms with Gasteiger partial charge in [-0.25, -0.2) is 0 Å². The van der Waals surface area contributed by atoms with Gasteiger partial charge in [0.05, 0.1) is 26.4 Å². The number of aromatic nitrogens is 3. The van der Waals surface area contributed by atoms with E-state index in [1.54, 1.807) is 6.08 Å². The maximum absolute atomic E-state index is 5.48. The number of benzene rings is 1. The quantitative estimate of drug-likeness (QED) is 0.268. The van der Waals surface area contributed by atoms with E-state index in [4.69, 9.17) is 19.9 Å².